The van der Waals surface area contributed by atoms with Crippen LogP contribution in [0.1, 0.15) is 37.0 Å². The second kappa shape index (κ2) is 9.63. The first kappa shape index (κ1) is 19.5. The van der Waals surface area contributed by atoms with E-state index in [0.29, 0.717) is 30.2 Å². The van der Waals surface area contributed by atoms with E-state index in [9.17, 15) is 4.79 Å². The summed E-state index contributed by atoms with van der Waals surface area (Å²) >= 11 is 6.02. The Hall–Kier alpha value is -1.79. The molecule has 0 aromatic heterocycles. The molecule has 2 rings (SSSR count). The molecule has 0 aliphatic carbocycles. The summed E-state index contributed by atoms with van der Waals surface area (Å²) in [7, 11) is 0. The van der Waals surface area contributed by atoms with Gasteiger partial charge in [-0.3, -0.25) is 9.79 Å². The molecule has 0 radical (unpaired) electrons. The van der Waals surface area contributed by atoms with Gasteiger partial charge >= 0.3 is 0 Å². The van der Waals surface area contributed by atoms with Crippen LogP contribution in [0.15, 0.2) is 29.3 Å². The van der Waals surface area contributed by atoms with Crippen molar-refractivity contribution in [1.29, 1.82) is 0 Å². The molecule has 0 spiro atoms. The normalized spacial score (nSPS) is 20.4. The molecule has 1 aliphatic rings. The summed E-state index contributed by atoms with van der Waals surface area (Å²) in [5.74, 6) is 0.549. The van der Waals surface area contributed by atoms with E-state index in [4.69, 9.17) is 16.3 Å². The summed E-state index contributed by atoms with van der Waals surface area (Å²) in [6.45, 7) is 7.36. The van der Waals surface area contributed by atoms with Crippen LogP contribution in [0.3, 0.4) is 0 Å². The number of halogens is 1. The highest BCUT2D eigenvalue weighted by Gasteiger charge is 2.29. The van der Waals surface area contributed by atoms with Crippen molar-refractivity contribution in [2.45, 2.75) is 32.3 Å². The molecule has 6 nitrogen and oxygen atoms in total. The zero-order chi connectivity index (χ0) is 18.1. The van der Waals surface area contributed by atoms with Crippen molar-refractivity contribution in [3.8, 4) is 0 Å². The van der Waals surface area contributed by atoms with Crippen LogP contribution in [0.4, 0.5) is 0 Å². The van der Waals surface area contributed by atoms with E-state index in [-0.39, 0.29) is 11.5 Å². The minimum atomic E-state index is -0.179. The highest BCUT2D eigenvalue weighted by atomic mass is 35.5. The third-order valence-corrected chi connectivity index (χ3v) is 4.37. The summed E-state index contributed by atoms with van der Waals surface area (Å²) in [4.78, 5) is 16.7. The minimum Gasteiger partial charge on any atom is -0.373 e. The van der Waals surface area contributed by atoms with E-state index in [0.717, 1.165) is 32.0 Å². The van der Waals surface area contributed by atoms with Gasteiger partial charge in [0.05, 0.1) is 22.7 Å². The number of nitrogens with one attached hydrogen (secondary N) is 3. The van der Waals surface area contributed by atoms with E-state index in [2.05, 4.69) is 27.9 Å². The molecule has 25 heavy (non-hydrogen) atoms. The largest absolute Gasteiger partial charge is 0.373 e. The number of hydrogen-bond acceptors (Lipinski definition) is 3. The number of ether oxygens (including phenoxy) is 1. The summed E-state index contributed by atoms with van der Waals surface area (Å²) in [5.41, 5.74) is 0.316. The number of carbonyl (C=O) groups excluding carboxylic acids is 1. The highest BCUT2D eigenvalue weighted by Crippen LogP contribution is 2.24. The van der Waals surface area contributed by atoms with Crippen molar-refractivity contribution in [3.05, 3.63) is 34.9 Å². The van der Waals surface area contributed by atoms with Gasteiger partial charge in [0.2, 0.25) is 0 Å². The maximum atomic E-state index is 12.1. The molecule has 0 saturated carbocycles. The van der Waals surface area contributed by atoms with E-state index in [1.807, 2.05) is 6.92 Å². The Morgan fingerprint density at radius 3 is 2.72 bits per heavy atom. The Kier molecular flexibility index (Phi) is 7.52. The molecule has 7 heteroatoms. The zero-order valence-electron chi connectivity index (χ0n) is 14.9. The third kappa shape index (κ3) is 6.21. The van der Waals surface area contributed by atoms with E-state index in [1.54, 1.807) is 24.3 Å². The van der Waals surface area contributed by atoms with Crippen molar-refractivity contribution < 1.29 is 9.53 Å². The first-order valence-electron chi connectivity index (χ1n) is 8.73. The van der Waals surface area contributed by atoms with Gasteiger partial charge in [0.15, 0.2) is 5.96 Å². The maximum Gasteiger partial charge on any atom is 0.252 e. The highest BCUT2D eigenvalue weighted by molar-refractivity contribution is 6.33. The number of nitrogens with zero attached hydrogens (tertiary/aromatic N) is 1. The van der Waals surface area contributed by atoms with Crippen LogP contribution in [0.2, 0.25) is 5.02 Å². The lowest BCUT2D eigenvalue weighted by Gasteiger charge is -2.21. The molecule has 1 fully saturated rings. The number of aliphatic imine (C=N–C) groups is 1. The molecule has 1 aromatic carbocycles. The molecule has 0 bridgehead atoms. The molecule has 3 N–H and O–H groups in total. The fourth-order valence-electron chi connectivity index (χ4n) is 2.65. The maximum absolute atomic E-state index is 12.1. The Balaban J connectivity index is 1.77. The van der Waals surface area contributed by atoms with Crippen molar-refractivity contribution in [2.75, 3.05) is 32.8 Å². The SMILES string of the molecule is CCNC(=NCC1(C)CCCO1)NCCNC(=O)c1ccccc1Cl. The number of benzene rings is 1. The topological polar surface area (TPSA) is 74.8 Å². The van der Waals surface area contributed by atoms with Crippen LogP contribution >= 0.6 is 11.6 Å². The Morgan fingerprint density at radius 2 is 2.04 bits per heavy atom. The van der Waals surface area contributed by atoms with Crippen LogP contribution in [-0.2, 0) is 4.74 Å². The summed E-state index contributed by atoms with van der Waals surface area (Å²) < 4.78 is 5.75. The molecule has 1 unspecified atom stereocenters. The second-order valence-electron chi connectivity index (χ2n) is 6.26. The molecular weight excluding hydrogens is 340 g/mol. The fraction of sp³-hybridized carbons (Fsp3) is 0.556. The molecule has 138 valence electrons. The number of rotatable bonds is 7. The number of hydrogen-bond donors (Lipinski definition) is 3. The lowest BCUT2D eigenvalue weighted by Crippen LogP contribution is -2.42. The van der Waals surface area contributed by atoms with E-state index in [1.165, 1.54) is 0 Å². The van der Waals surface area contributed by atoms with Gasteiger partial charge in [0.1, 0.15) is 0 Å². The van der Waals surface area contributed by atoms with Gasteiger partial charge in [-0.15, -0.1) is 0 Å². The minimum absolute atomic E-state index is 0.166. The monoisotopic (exact) mass is 366 g/mol. The third-order valence-electron chi connectivity index (χ3n) is 4.04. The van der Waals surface area contributed by atoms with Crippen molar-refractivity contribution in [2.24, 2.45) is 4.99 Å². The Morgan fingerprint density at radius 1 is 1.28 bits per heavy atom. The van der Waals surface area contributed by atoms with Crippen LogP contribution in [-0.4, -0.2) is 50.3 Å². The molecule has 1 aliphatic heterocycles. The van der Waals surface area contributed by atoms with Crippen LogP contribution in [0.25, 0.3) is 0 Å². The average Bonchev–Trinajstić information content (AvgIpc) is 3.03. The Bertz CT molecular complexity index is 600. The van der Waals surface area contributed by atoms with Crippen molar-refractivity contribution >= 4 is 23.5 Å². The first-order chi connectivity index (χ1) is 12.0. The van der Waals surface area contributed by atoms with Crippen LogP contribution < -0.4 is 16.0 Å². The van der Waals surface area contributed by atoms with Crippen molar-refractivity contribution in [3.63, 3.8) is 0 Å². The molecule has 1 amide bonds. The lowest BCUT2D eigenvalue weighted by atomic mass is 10.0. The molecule has 1 aromatic rings. The van der Waals surface area contributed by atoms with Gasteiger partial charge < -0.3 is 20.7 Å². The lowest BCUT2D eigenvalue weighted by molar-refractivity contribution is 0.0283. The van der Waals surface area contributed by atoms with Gasteiger partial charge in [-0.05, 0) is 38.8 Å². The van der Waals surface area contributed by atoms with Crippen LogP contribution in [0, 0.1) is 0 Å². The molecule has 1 heterocycles. The van der Waals surface area contributed by atoms with E-state index < -0.39 is 0 Å². The van der Waals surface area contributed by atoms with Gasteiger partial charge in [-0.1, -0.05) is 23.7 Å². The molecular formula is C18H27ClN4O2. The van der Waals surface area contributed by atoms with Crippen molar-refractivity contribution in [1.82, 2.24) is 16.0 Å². The summed E-state index contributed by atoms with van der Waals surface area (Å²) in [5, 5.41) is 9.72. The van der Waals surface area contributed by atoms with Gasteiger partial charge in [0.25, 0.3) is 5.91 Å². The van der Waals surface area contributed by atoms with Gasteiger partial charge in [0, 0.05) is 26.2 Å². The van der Waals surface area contributed by atoms with Gasteiger partial charge in [-0.25, -0.2) is 0 Å². The summed E-state index contributed by atoms with van der Waals surface area (Å²) in [6.07, 6.45) is 2.12. The number of amides is 1. The standard InChI is InChI=1S/C18H27ClN4O2/c1-3-20-17(23-13-18(2)9-6-12-25-18)22-11-10-21-16(24)14-7-4-5-8-15(14)19/h4-5,7-8H,3,6,9-13H2,1-2H3,(H,21,24)(H2,20,22,23). The number of carbonyl (C=O) groups is 1. The number of guanidine groups is 1. The Labute approximate surface area is 154 Å². The predicted molar refractivity (Wildman–Crippen MR) is 101 cm³/mol. The average molecular weight is 367 g/mol. The second-order valence-corrected chi connectivity index (χ2v) is 6.67. The predicted octanol–water partition coefficient (Wildman–Crippen LogP) is 2.19. The molecule has 1 atom stereocenters. The zero-order valence-corrected chi connectivity index (χ0v) is 15.7. The van der Waals surface area contributed by atoms with Gasteiger partial charge in [-0.2, -0.15) is 0 Å². The first-order valence-corrected chi connectivity index (χ1v) is 9.11. The van der Waals surface area contributed by atoms with E-state index >= 15 is 0 Å². The quantitative estimate of drug-likeness (QED) is 0.393. The fourth-order valence-corrected chi connectivity index (χ4v) is 2.87. The van der Waals surface area contributed by atoms with Crippen LogP contribution in [0.5, 0.6) is 0 Å². The molecule has 1 saturated heterocycles. The smallest absolute Gasteiger partial charge is 0.252 e. The summed E-state index contributed by atoms with van der Waals surface area (Å²) in [6, 6.07) is 7.00.